The Balaban J connectivity index is 1.64. The van der Waals surface area contributed by atoms with Gasteiger partial charge in [-0.1, -0.05) is 38.0 Å². The minimum absolute atomic E-state index is 0.0433. The van der Waals surface area contributed by atoms with Crippen LogP contribution in [0, 0.1) is 11.8 Å². The standard InChI is InChI=1S/C34H36O9/c1-3-14-40-23-10-12-26-25(16-23)31(24-11-9-22(39-2)17-28(24)41-18-30(35)36)32(33(37)38)34(26,20-6-4-5-7-20)21-8-13-27-29(15-21)43-19-42-27/h8-13,15-17,20,31-32H,3-7,14,18-19H2,1-2H3,(H,35,36)(H,37,38)/t31-,32+,34+/m1/s1. The van der Waals surface area contributed by atoms with E-state index in [1.807, 2.05) is 43.3 Å². The van der Waals surface area contributed by atoms with E-state index in [9.17, 15) is 19.8 Å². The molecule has 3 atom stereocenters. The molecule has 0 aromatic heterocycles. The molecule has 1 saturated carbocycles. The van der Waals surface area contributed by atoms with E-state index < -0.39 is 35.8 Å². The number of benzene rings is 3. The maximum absolute atomic E-state index is 13.7. The first-order chi connectivity index (χ1) is 20.9. The number of hydrogen-bond donors (Lipinski definition) is 2. The number of fused-ring (bicyclic) bond motifs is 2. The van der Waals surface area contributed by atoms with Crippen molar-refractivity contribution in [2.75, 3.05) is 27.1 Å². The largest absolute Gasteiger partial charge is 0.497 e. The van der Waals surface area contributed by atoms with E-state index in [4.69, 9.17) is 23.7 Å². The Morgan fingerprint density at radius 2 is 1.67 bits per heavy atom. The van der Waals surface area contributed by atoms with Gasteiger partial charge in [-0.2, -0.15) is 0 Å². The molecule has 226 valence electrons. The summed E-state index contributed by atoms with van der Waals surface area (Å²) in [7, 11) is 1.52. The van der Waals surface area contributed by atoms with Gasteiger partial charge in [0.2, 0.25) is 6.79 Å². The number of ether oxygens (including phenoxy) is 5. The SMILES string of the molecule is CCCOc1ccc2c(c1)[C@@H](c1ccc(OC)cc1OCC(=O)O)[C@@H](C(=O)O)[C@]2(c1ccc2c(c1)OCO2)C1CCCC1. The van der Waals surface area contributed by atoms with Gasteiger partial charge in [0, 0.05) is 23.0 Å². The second-order valence-electron chi connectivity index (χ2n) is 11.4. The van der Waals surface area contributed by atoms with E-state index in [0.29, 0.717) is 35.2 Å². The molecule has 9 heteroatoms. The monoisotopic (exact) mass is 588 g/mol. The molecule has 0 spiro atoms. The van der Waals surface area contributed by atoms with Crippen LogP contribution in [0.5, 0.6) is 28.7 Å². The molecule has 1 aliphatic heterocycles. The molecule has 3 aromatic rings. The fraction of sp³-hybridized carbons (Fsp3) is 0.412. The number of methoxy groups -OCH3 is 1. The Morgan fingerprint density at radius 3 is 2.40 bits per heavy atom. The predicted octanol–water partition coefficient (Wildman–Crippen LogP) is 6.00. The highest BCUT2D eigenvalue weighted by Gasteiger charge is 2.61. The van der Waals surface area contributed by atoms with Gasteiger partial charge in [0.1, 0.15) is 17.2 Å². The summed E-state index contributed by atoms with van der Waals surface area (Å²) in [5, 5.41) is 20.7. The van der Waals surface area contributed by atoms with Gasteiger partial charge < -0.3 is 33.9 Å². The number of carboxylic acids is 2. The first kappa shape index (κ1) is 28.7. The third-order valence-electron chi connectivity index (χ3n) is 9.12. The molecular weight excluding hydrogens is 552 g/mol. The van der Waals surface area contributed by atoms with E-state index >= 15 is 0 Å². The summed E-state index contributed by atoms with van der Waals surface area (Å²) in [6, 6.07) is 16.9. The minimum Gasteiger partial charge on any atom is -0.497 e. The second kappa shape index (κ2) is 11.7. The number of hydrogen-bond acceptors (Lipinski definition) is 7. The first-order valence-electron chi connectivity index (χ1n) is 14.8. The van der Waals surface area contributed by atoms with E-state index in [1.165, 1.54) is 7.11 Å². The van der Waals surface area contributed by atoms with Crippen LogP contribution >= 0.6 is 0 Å². The van der Waals surface area contributed by atoms with Crippen LogP contribution in [0.2, 0.25) is 0 Å². The fourth-order valence-electron chi connectivity index (χ4n) is 7.52. The van der Waals surface area contributed by atoms with Crippen molar-refractivity contribution in [3.8, 4) is 28.7 Å². The van der Waals surface area contributed by atoms with Crippen LogP contribution in [0.3, 0.4) is 0 Å². The Kier molecular flexibility index (Phi) is 7.81. The van der Waals surface area contributed by atoms with Crippen LogP contribution in [0.25, 0.3) is 0 Å². The van der Waals surface area contributed by atoms with Crippen molar-refractivity contribution in [2.24, 2.45) is 11.8 Å². The molecule has 0 radical (unpaired) electrons. The molecule has 0 unspecified atom stereocenters. The molecule has 43 heavy (non-hydrogen) atoms. The smallest absolute Gasteiger partial charge is 0.341 e. The van der Waals surface area contributed by atoms with E-state index in [2.05, 4.69) is 0 Å². The van der Waals surface area contributed by atoms with Crippen molar-refractivity contribution < 1.29 is 43.5 Å². The fourth-order valence-corrected chi connectivity index (χ4v) is 7.52. The molecule has 3 aliphatic rings. The van der Waals surface area contributed by atoms with Crippen molar-refractivity contribution in [1.29, 1.82) is 0 Å². The molecular formula is C34H36O9. The van der Waals surface area contributed by atoms with Gasteiger partial charge in [0.15, 0.2) is 18.1 Å². The molecule has 0 bridgehead atoms. The van der Waals surface area contributed by atoms with Crippen LogP contribution < -0.4 is 23.7 Å². The maximum atomic E-state index is 13.7. The average molecular weight is 589 g/mol. The van der Waals surface area contributed by atoms with Gasteiger partial charge in [-0.15, -0.1) is 0 Å². The molecule has 0 amide bonds. The lowest BCUT2D eigenvalue weighted by atomic mass is 9.59. The van der Waals surface area contributed by atoms with Gasteiger partial charge in [-0.05, 0) is 72.2 Å². The normalized spacial score (nSPS) is 22.3. The lowest BCUT2D eigenvalue weighted by Gasteiger charge is -2.42. The van der Waals surface area contributed by atoms with Crippen molar-refractivity contribution in [3.63, 3.8) is 0 Å². The van der Waals surface area contributed by atoms with E-state index in [-0.39, 0.29) is 18.5 Å². The lowest BCUT2D eigenvalue weighted by molar-refractivity contribution is -0.145. The summed E-state index contributed by atoms with van der Waals surface area (Å²) < 4.78 is 28.7. The molecule has 2 N–H and O–H groups in total. The predicted molar refractivity (Wildman–Crippen MR) is 157 cm³/mol. The Morgan fingerprint density at radius 1 is 0.907 bits per heavy atom. The van der Waals surface area contributed by atoms with Crippen molar-refractivity contribution in [2.45, 2.75) is 50.4 Å². The van der Waals surface area contributed by atoms with Crippen LogP contribution in [-0.2, 0) is 15.0 Å². The number of carboxylic acid groups (broad SMARTS) is 2. The van der Waals surface area contributed by atoms with Crippen molar-refractivity contribution >= 4 is 11.9 Å². The third-order valence-corrected chi connectivity index (χ3v) is 9.12. The number of aliphatic carboxylic acids is 2. The molecule has 1 heterocycles. The molecule has 0 saturated heterocycles. The van der Waals surface area contributed by atoms with Gasteiger partial charge in [-0.25, -0.2) is 4.79 Å². The average Bonchev–Trinajstić information content (AvgIpc) is 3.77. The highest BCUT2D eigenvalue weighted by Crippen LogP contribution is 2.64. The molecule has 1 fully saturated rings. The second-order valence-corrected chi connectivity index (χ2v) is 11.4. The first-order valence-corrected chi connectivity index (χ1v) is 14.8. The van der Waals surface area contributed by atoms with Crippen molar-refractivity contribution in [1.82, 2.24) is 0 Å². The zero-order valence-corrected chi connectivity index (χ0v) is 24.3. The zero-order valence-electron chi connectivity index (χ0n) is 24.3. The third kappa shape index (κ3) is 4.90. The maximum Gasteiger partial charge on any atom is 0.341 e. The van der Waals surface area contributed by atoms with Crippen LogP contribution in [0.15, 0.2) is 54.6 Å². The van der Waals surface area contributed by atoms with Gasteiger partial charge in [0.05, 0.1) is 19.6 Å². The van der Waals surface area contributed by atoms with Gasteiger partial charge in [0.25, 0.3) is 0 Å². The lowest BCUT2D eigenvalue weighted by Crippen LogP contribution is -2.44. The highest BCUT2D eigenvalue weighted by molar-refractivity contribution is 5.81. The summed E-state index contributed by atoms with van der Waals surface area (Å²) in [4.78, 5) is 25.3. The van der Waals surface area contributed by atoms with E-state index in [0.717, 1.165) is 48.8 Å². The van der Waals surface area contributed by atoms with Gasteiger partial charge >= 0.3 is 11.9 Å². The summed E-state index contributed by atoms with van der Waals surface area (Å²) in [5.74, 6) is -0.995. The van der Waals surface area contributed by atoms with Crippen LogP contribution in [0.1, 0.15) is 67.2 Å². The Hall–Kier alpha value is -4.40. The Bertz CT molecular complexity index is 1530. The molecule has 6 rings (SSSR count). The number of carbonyl (C=O) groups is 2. The van der Waals surface area contributed by atoms with E-state index in [1.54, 1.807) is 18.2 Å². The summed E-state index contributed by atoms with van der Waals surface area (Å²) in [6.07, 6.45) is 4.60. The highest BCUT2D eigenvalue weighted by atomic mass is 16.7. The quantitative estimate of drug-likeness (QED) is 0.278. The van der Waals surface area contributed by atoms with Crippen molar-refractivity contribution in [3.05, 3.63) is 76.9 Å². The minimum atomic E-state index is -1.13. The van der Waals surface area contributed by atoms with Crippen LogP contribution in [0.4, 0.5) is 0 Å². The summed E-state index contributed by atoms with van der Waals surface area (Å²) >= 11 is 0. The Labute approximate surface area is 250 Å². The molecule has 2 aliphatic carbocycles. The topological polar surface area (TPSA) is 121 Å². The molecule has 3 aromatic carbocycles. The summed E-state index contributed by atoms with van der Waals surface area (Å²) in [5.41, 5.74) is 2.30. The summed E-state index contributed by atoms with van der Waals surface area (Å²) in [6.45, 7) is 2.10. The molecule has 9 nitrogen and oxygen atoms in total. The zero-order chi connectivity index (χ0) is 30.1. The van der Waals surface area contributed by atoms with Gasteiger partial charge in [-0.3, -0.25) is 4.79 Å². The number of rotatable bonds is 11. The van der Waals surface area contributed by atoms with Crippen LogP contribution in [-0.4, -0.2) is 49.3 Å².